The molecule has 0 spiro atoms. The van der Waals surface area contributed by atoms with E-state index in [-0.39, 0.29) is 24.3 Å². The van der Waals surface area contributed by atoms with E-state index in [2.05, 4.69) is 10.6 Å². The predicted octanol–water partition coefficient (Wildman–Crippen LogP) is 1.44. The maximum Gasteiger partial charge on any atom is 0.259 e. The largest absolute Gasteiger partial charge is 0.376 e. The highest BCUT2D eigenvalue weighted by Crippen LogP contribution is 2.50. The Labute approximate surface area is 196 Å². The second kappa shape index (κ2) is 8.95. The Bertz CT molecular complexity index is 1010. The van der Waals surface area contributed by atoms with Crippen LogP contribution < -0.4 is 10.6 Å². The lowest BCUT2D eigenvalue weighted by molar-refractivity contribution is -0.203. The Morgan fingerprint density at radius 3 is 2.62 bits per heavy atom. The lowest BCUT2D eigenvalue weighted by Gasteiger charge is -2.54. The highest BCUT2D eigenvalue weighted by Gasteiger charge is 2.62. The maximum atomic E-state index is 14.9. The van der Waals surface area contributed by atoms with Gasteiger partial charge in [-0.15, -0.1) is 0 Å². The number of nitrogens with zero attached hydrogens (tertiary/aromatic N) is 2. The van der Waals surface area contributed by atoms with Crippen LogP contribution in [-0.2, 0) is 20.0 Å². The third-order valence-corrected chi connectivity index (χ3v) is 7.35. The maximum absolute atomic E-state index is 14.9. The number of carbonyl (C=O) groups is 3. The van der Waals surface area contributed by atoms with Gasteiger partial charge in [0.05, 0.1) is 12.0 Å². The van der Waals surface area contributed by atoms with Gasteiger partial charge in [0.15, 0.2) is 5.60 Å². The van der Waals surface area contributed by atoms with Crippen molar-refractivity contribution in [1.82, 2.24) is 15.5 Å². The summed E-state index contributed by atoms with van der Waals surface area (Å²) in [5.74, 6) is -6.95. The summed E-state index contributed by atoms with van der Waals surface area (Å²) >= 11 is 0. The molecule has 0 aromatic heterocycles. The molecule has 4 fully saturated rings. The number of piperidine rings is 2. The number of halogens is 2. The van der Waals surface area contributed by atoms with Gasteiger partial charge in [-0.3, -0.25) is 14.4 Å². The Balaban J connectivity index is 1.60. The number of alkyl halides is 2. The summed E-state index contributed by atoms with van der Waals surface area (Å²) in [7, 11) is 0. The standard InChI is InChI=1S/C24H28F2N4O4/c1-23(34,15-5-3-2-4-6-15)22(33)30-17-7-8-18(24(25,26)12-17)19(30)21(32)29-16(13-27)11-14-9-10-28-20(14)31/h2-6,14,16-19,34H,7-12H2,1H3,(H,28,31)(H,29,32)/t14-,16-,17-,18-,19+,23+/m0/s1. The lowest BCUT2D eigenvalue weighted by Crippen LogP contribution is -2.70. The van der Waals surface area contributed by atoms with Gasteiger partial charge in [-0.1, -0.05) is 30.3 Å². The molecule has 182 valence electrons. The van der Waals surface area contributed by atoms with E-state index >= 15 is 0 Å². The summed E-state index contributed by atoms with van der Waals surface area (Å²) in [6, 6.07) is 6.55. The average Bonchev–Trinajstić information content (AvgIpc) is 3.21. The molecule has 8 nitrogen and oxygen atoms in total. The first-order valence-corrected chi connectivity index (χ1v) is 11.5. The van der Waals surface area contributed by atoms with Crippen LogP contribution in [0.5, 0.6) is 0 Å². The van der Waals surface area contributed by atoms with Crippen molar-refractivity contribution in [3.05, 3.63) is 35.9 Å². The summed E-state index contributed by atoms with van der Waals surface area (Å²) in [6.45, 7) is 1.77. The van der Waals surface area contributed by atoms with E-state index in [0.717, 1.165) is 4.90 Å². The average molecular weight is 475 g/mol. The molecule has 3 N–H and O–H groups in total. The molecule has 1 aromatic rings. The zero-order valence-electron chi connectivity index (χ0n) is 18.8. The topological polar surface area (TPSA) is 123 Å². The van der Waals surface area contributed by atoms with Crippen LogP contribution in [0.1, 0.15) is 44.6 Å². The van der Waals surface area contributed by atoms with Gasteiger partial charge >= 0.3 is 0 Å². The summed E-state index contributed by atoms with van der Waals surface area (Å²) < 4.78 is 29.7. The number of nitrogens with one attached hydrogen (secondary N) is 2. The van der Waals surface area contributed by atoms with Crippen LogP contribution >= 0.6 is 0 Å². The number of hydrogen-bond donors (Lipinski definition) is 3. The number of amides is 3. The Kier molecular flexibility index (Phi) is 6.34. The number of nitriles is 1. The van der Waals surface area contributed by atoms with Crippen molar-refractivity contribution in [3.8, 4) is 6.07 Å². The molecule has 5 rings (SSSR count). The van der Waals surface area contributed by atoms with Crippen molar-refractivity contribution in [3.63, 3.8) is 0 Å². The first-order valence-electron chi connectivity index (χ1n) is 11.5. The van der Waals surface area contributed by atoms with Gasteiger partial charge in [-0.25, -0.2) is 8.78 Å². The van der Waals surface area contributed by atoms with Crippen LogP contribution in [0, 0.1) is 23.2 Å². The fourth-order valence-electron chi connectivity index (χ4n) is 5.49. The van der Waals surface area contributed by atoms with E-state index in [1.807, 2.05) is 6.07 Å². The van der Waals surface area contributed by atoms with E-state index in [4.69, 9.17) is 0 Å². The van der Waals surface area contributed by atoms with Gasteiger partial charge in [-0.05, 0) is 38.2 Å². The molecule has 3 aliphatic heterocycles. The van der Waals surface area contributed by atoms with E-state index in [9.17, 15) is 33.5 Å². The first-order chi connectivity index (χ1) is 16.1. The highest BCUT2D eigenvalue weighted by molar-refractivity contribution is 5.93. The monoisotopic (exact) mass is 474 g/mol. The molecule has 2 bridgehead atoms. The zero-order chi connectivity index (χ0) is 24.7. The smallest absolute Gasteiger partial charge is 0.259 e. The fraction of sp³-hybridized carbons (Fsp3) is 0.583. The van der Waals surface area contributed by atoms with Gasteiger partial charge in [0.2, 0.25) is 11.8 Å². The fourth-order valence-corrected chi connectivity index (χ4v) is 5.49. The number of benzene rings is 1. The highest BCUT2D eigenvalue weighted by atomic mass is 19.3. The van der Waals surface area contributed by atoms with Gasteiger partial charge in [0.1, 0.15) is 12.1 Å². The Morgan fingerprint density at radius 2 is 2.03 bits per heavy atom. The molecular formula is C24H28F2N4O4. The summed E-state index contributed by atoms with van der Waals surface area (Å²) in [5.41, 5.74) is -1.74. The quantitative estimate of drug-likeness (QED) is 0.576. The van der Waals surface area contributed by atoms with E-state index < -0.39 is 59.7 Å². The number of hydrogen-bond acceptors (Lipinski definition) is 5. The molecule has 0 unspecified atom stereocenters. The van der Waals surface area contributed by atoms with Crippen molar-refractivity contribution in [2.75, 3.05) is 6.54 Å². The molecule has 34 heavy (non-hydrogen) atoms. The molecule has 0 radical (unpaired) electrons. The molecule has 3 saturated heterocycles. The molecule has 4 aliphatic rings. The molecule has 10 heteroatoms. The minimum atomic E-state index is -3.16. The SMILES string of the molecule is C[C@](O)(C(=O)N1[C@H]2CC[C@@H]([C@@H]1C(=O)N[C@H](C#N)C[C@@H]1CCNC1=O)C(F)(F)C2)c1ccccc1. The van der Waals surface area contributed by atoms with Crippen LogP contribution in [0.15, 0.2) is 30.3 Å². The molecule has 1 aliphatic carbocycles. The zero-order valence-corrected chi connectivity index (χ0v) is 18.8. The van der Waals surface area contributed by atoms with Crippen LogP contribution in [-0.4, -0.2) is 58.3 Å². The normalized spacial score (nSPS) is 30.1. The molecular weight excluding hydrogens is 446 g/mol. The van der Waals surface area contributed by atoms with Gasteiger partial charge in [-0.2, -0.15) is 5.26 Å². The van der Waals surface area contributed by atoms with Crippen molar-refractivity contribution in [1.29, 1.82) is 5.26 Å². The van der Waals surface area contributed by atoms with Crippen molar-refractivity contribution >= 4 is 17.7 Å². The number of carbonyl (C=O) groups excluding carboxylic acids is 3. The van der Waals surface area contributed by atoms with Crippen LogP contribution in [0.25, 0.3) is 0 Å². The third-order valence-electron chi connectivity index (χ3n) is 7.35. The molecule has 3 amide bonds. The summed E-state index contributed by atoms with van der Waals surface area (Å²) in [4.78, 5) is 39.8. The molecule has 1 aromatic carbocycles. The van der Waals surface area contributed by atoms with Crippen molar-refractivity contribution in [2.45, 2.75) is 68.7 Å². The molecule has 3 heterocycles. The molecule has 1 saturated carbocycles. The van der Waals surface area contributed by atoms with Crippen LogP contribution in [0.2, 0.25) is 0 Å². The van der Waals surface area contributed by atoms with Gasteiger partial charge in [0, 0.05) is 24.9 Å². The van der Waals surface area contributed by atoms with Crippen molar-refractivity contribution in [2.24, 2.45) is 11.8 Å². The summed E-state index contributed by atoms with van der Waals surface area (Å²) in [6.07, 6.45) is 0.340. The second-order valence-electron chi connectivity index (χ2n) is 9.60. The van der Waals surface area contributed by atoms with E-state index in [0.29, 0.717) is 19.4 Å². The second-order valence-corrected chi connectivity index (χ2v) is 9.60. The van der Waals surface area contributed by atoms with Gasteiger partial charge in [0.25, 0.3) is 11.8 Å². The van der Waals surface area contributed by atoms with Crippen molar-refractivity contribution < 1.29 is 28.3 Å². The Hall–Kier alpha value is -3.06. The summed E-state index contributed by atoms with van der Waals surface area (Å²) in [5, 5.41) is 25.8. The minimum Gasteiger partial charge on any atom is -0.376 e. The number of fused-ring (bicyclic) bond motifs is 3. The third kappa shape index (κ3) is 4.25. The van der Waals surface area contributed by atoms with Crippen LogP contribution in [0.3, 0.4) is 0 Å². The van der Waals surface area contributed by atoms with Crippen LogP contribution in [0.4, 0.5) is 8.78 Å². The molecule has 6 atom stereocenters. The van der Waals surface area contributed by atoms with Gasteiger partial charge < -0.3 is 20.6 Å². The van der Waals surface area contributed by atoms with E-state index in [1.165, 1.54) is 6.92 Å². The van der Waals surface area contributed by atoms with E-state index in [1.54, 1.807) is 30.3 Å². The number of rotatable bonds is 6. The minimum absolute atomic E-state index is 0.0509. The first kappa shape index (κ1) is 24.1. The lowest BCUT2D eigenvalue weighted by atomic mass is 9.70. The predicted molar refractivity (Wildman–Crippen MR) is 116 cm³/mol. The Morgan fingerprint density at radius 1 is 1.32 bits per heavy atom. The number of aliphatic hydroxyl groups is 1.